The standard InChI is InChI=1S/C19H30N2O3/c1-18(2,3)24-17(22)21-14-10-9-13(23-6)12-15(14)20-16-8-7-11-19(16,4)5/h9-10,12,16,20H,7-8,11H2,1-6H3,(H,21,22). The molecule has 1 saturated carbocycles. The quantitative estimate of drug-likeness (QED) is 0.810. The lowest BCUT2D eigenvalue weighted by atomic mass is 9.87. The number of anilines is 2. The first-order valence-electron chi connectivity index (χ1n) is 8.55. The molecule has 1 aliphatic carbocycles. The topological polar surface area (TPSA) is 59.6 Å². The summed E-state index contributed by atoms with van der Waals surface area (Å²) in [6, 6.07) is 5.95. The van der Waals surface area contributed by atoms with Gasteiger partial charge in [-0.15, -0.1) is 0 Å². The van der Waals surface area contributed by atoms with Gasteiger partial charge in [0.15, 0.2) is 0 Å². The van der Waals surface area contributed by atoms with Crippen molar-refractivity contribution in [3.8, 4) is 5.75 Å². The second-order valence-corrected chi connectivity index (χ2v) is 8.12. The molecule has 0 spiro atoms. The molecule has 24 heavy (non-hydrogen) atoms. The molecule has 0 heterocycles. The fourth-order valence-corrected chi connectivity index (χ4v) is 3.07. The summed E-state index contributed by atoms with van der Waals surface area (Å²) in [5.41, 5.74) is 1.26. The number of carbonyl (C=O) groups is 1. The van der Waals surface area contributed by atoms with E-state index in [1.165, 1.54) is 12.8 Å². The maximum atomic E-state index is 12.1. The van der Waals surface area contributed by atoms with E-state index >= 15 is 0 Å². The minimum atomic E-state index is -0.530. The van der Waals surface area contributed by atoms with Gasteiger partial charge in [-0.2, -0.15) is 0 Å². The van der Waals surface area contributed by atoms with Crippen LogP contribution in [0.1, 0.15) is 53.9 Å². The Balaban J connectivity index is 2.20. The Morgan fingerprint density at radius 1 is 1.25 bits per heavy atom. The lowest BCUT2D eigenvalue weighted by Crippen LogP contribution is -2.31. The lowest BCUT2D eigenvalue weighted by Gasteiger charge is -2.30. The number of carbonyl (C=O) groups excluding carboxylic acids is 1. The first kappa shape index (κ1) is 18.4. The molecular weight excluding hydrogens is 304 g/mol. The summed E-state index contributed by atoms with van der Waals surface area (Å²) in [6.07, 6.45) is 3.07. The van der Waals surface area contributed by atoms with Crippen molar-refractivity contribution in [1.82, 2.24) is 0 Å². The number of methoxy groups -OCH3 is 1. The van der Waals surface area contributed by atoms with Crippen molar-refractivity contribution in [2.75, 3.05) is 17.7 Å². The minimum absolute atomic E-state index is 0.228. The first-order valence-corrected chi connectivity index (χ1v) is 8.55. The molecule has 2 N–H and O–H groups in total. The Hall–Kier alpha value is -1.91. The second kappa shape index (κ2) is 6.91. The molecule has 1 fully saturated rings. The SMILES string of the molecule is COc1ccc(NC(=O)OC(C)(C)C)c(NC2CCCC2(C)C)c1. The molecule has 1 aromatic carbocycles. The largest absolute Gasteiger partial charge is 0.497 e. The van der Waals surface area contributed by atoms with E-state index in [9.17, 15) is 4.79 Å². The molecule has 0 bridgehead atoms. The molecule has 0 radical (unpaired) electrons. The molecule has 0 aromatic heterocycles. The van der Waals surface area contributed by atoms with E-state index in [4.69, 9.17) is 9.47 Å². The van der Waals surface area contributed by atoms with E-state index in [0.29, 0.717) is 11.7 Å². The third-order valence-electron chi connectivity index (χ3n) is 4.45. The van der Waals surface area contributed by atoms with Crippen molar-refractivity contribution in [3.63, 3.8) is 0 Å². The molecular formula is C19H30N2O3. The maximum absolute atomic E-state index is 12.1. The predicted molar refractivity (Wildman–Crippen MR) is 97.9 cm³/mol. The van der Waals surface area contributed by atoms with Crippen LogP contribution in [-0.2, 0) is 4.74 Å². The van der Waals surface area contributed by atoms with Crippen LogP contribution in [0, 0.1) is 5.41 Å². The van der Waals surface area contributed by atoms with E-state index in [2.05, 4.69) is 24.5 Å². The highest BCUT2D eigenvalue weighted by Crippen LogP contribution is 2.40. The fraction of sp³-hybridized carbons (Fsp3) is 0.632. The highest BCUT2D eigenvalue weighted by molar-refractivity contribution is 5.90. The van der Waals surface area contributed by atoms with E-state index in [-0.39, 0.29) is 5.41 Å². The van der Waals surface area contributed by atoms with Gasteiger partial charge in [-0.3, -0.25) is 5.32 Å². The van der Waals surface area contributed by atoms with Crippen molar-refractivity contribution in [3.05, 3.63) is 18.2 Å². The number of hydrogen-bond donors (Lipinski definition) is 2. The molecule has 2 rings (SSSR count). The van der Waals surface area contributed by atoms with Gasteiger partial charge >= 0.3 is 6.09 Å². The third-order valence-corrected chi connectivity index (χ3v) is 4.45. The second-order valence-electron chi connectivity index (χ2n) is 8.12. The minimum Gasteiger partial charge on any atom is -0.497 e. The lowest BCUT2D eigenvalue weighted by molar-refractivity contribution is 0.0636. The van der Waals surface area contributed by atoms with Crippen molar-refractivity contribution in [2.45, 2.75) is 65.5 Å². The van der Waals surface area contributed by atoms with E-state index in [0.717, 1.165) is 17.9 Å². The molecule has 1 amide bonds. The van der Waals surface area contributed by atoms with Crippen molar-refractivity contribution in [1.29, 1.82) is 0 Å². The van der Waals surface area contributed by atoms with Crippen molar-refractivity contribution >= 4 is 17.5 Å². The summed E-state index contributed by atoms with van der Waals surface area (Å²) in [5.74, 6) is 0.753. The van der Waals surface area contributed by atoms with E-state index < -0.39 is 11.7 Å². The van der Waals surface area contributed by atoms with Crippen LogP contribution in [0.2, 0.25) is 0 Å². The summed E-state index contributed by atoms with van der Waals surface area (Å²) in [6.45, 7) is 10.1. The Morgan fingerprint density at radius 3 is 2.50 bits per heavy atom. The van der Waals surface area contributed by atoms with Crippen molar-refractivity contribution in [2.24, 2.45) is 5.41 Å². The number of benzene rings is 1. The van der Waals surface area contributed by atoms with Crippen LogP contribution in [0.5, 0.6) is 5.75 Å². The zero-order valence-corrected chi connectivity index (χ0v) is 15.7. The maximum Gasteiger partial charge on any atom is 0.412 e. The summed E-state index contributed by atoms with van der Waals surface area (Å²) in [7, 11) is 1.64. The van der Waals surface area contributed by atoms with Crippen LogP contribution in [-0.4, -0.2) is 24.8 Å². The van der Waals surface area contributed by atoms with Gasteiger partial charge in [-0.1, -0.05) is 20.3 Å². The van der Waals surface area contributed by atoms with Crippen LogP contribution >= 0.6 is 0 Å². The first-order chi connectivity index (χ1) is 11.1. The van der Waals surface area contributed by atoms with Gasteiger partial charge in [0.05, 0.1) is 18.5 Å². The Bertz CT molecular complexity index is 591. The zero-order valence-electron chi connectivity index (χ0n) is 15.7. The monoisotopic (exact) mass is 334 g/mol. The summed E-state index contributed by atoms with van der Waals surface area (Å²) >= 11 is 0. The molecule has 1 unspecified atom stereocenters. The Labute approximate surface area is 145 Å². The molecule has 0 saturated heterocycles. The smallest absolute Gasteiger partial charge is 0.412 e. The van der Waals surface area contributed by atoms with Gasteiger partial charge < -0.3 is 14.8 Å². The average molecular weight is 334 g/mol. The van der Waals surface area contributed by atoms with Gasteiger partial charge in [0.1, 0.15) is 11.4 Å². The summed E-state index contributed by atoms with van der Waals surface area (Å²) in [5, 5.41) is 6.43. The molecule has 5 heteroatoms. The van der Waals surface area contributed by atoms with Crippen LogP contribution in [0.4, 0.5) is 16.2 Å². The number of hydrogen-bond acceptors (Lipinski definition) is 4. The van der Waals surface area contributed by atoms with Gasteiger partial charge in [-0.25, -0.2) is 4.79 Å². The van der Waals surface area contributed by atoms with Gasteiger partial charge in [0.25, 0.3) is 0 Å². The molecule has 5 nitrogen and oxygen atoms in total. The predicted octanol–water partition coefficient (Wildman–Crippen LogP) is 5.03. The van der Waals surface area contributed by atoms with E-state index in [1.54, 1.807) is 7.11 Å². The third kappa shape index (κ3) is 4.79. The Morgan fingerprint density at radius 2 is 1.96 bits per heavy atom. The zero-order chi connectivity index (χ0) is 18.0. The molecule has 1 atom stereocenters. The summed E-state index contributed by atoms with van der Waals surface area (Å²) in [4.78, 5) is 12.1. The number of ether oxygens (including phenoxy) is 2. The number of nitrogens with one attached hydrogen (secondary N) is 2. The van der Waals surface area contributed by atoms with Gasteiger partial charge in [0.2, 0.25) is 0 Å². The average Bonchev–Trinajstić information content (AvgIpc) is 2.77. The van der Waals surface area contributed by atoms with E-state index in [1.807, 2.05) is 39.0 Å². The molecule has 0 aliphatic heterocycles. The van der Waals surface area contributed by atoms with Gasteiger partial charge in [-0.05, 0) is 51.2 Å². The molecule has 134 valence electrons. The normalized spacial score (nSPS) is 19.7. The fourth-order valence-electron chi connectivity index (χ4n) is 3.07. The highest BCUT2D eigenvalue weighted by atomic mass is 16.6. The summed E-state index contributed by atoms with van der Waals surface area (Å²) < 4.78 is 10.7. The molecule has 1 aromatic rings. The van der Waals surface area contributed by atoms with Crippen LogP contribution in [0.3, 0.4) is 0 Å². The van der Waals surface area contributed by atoms with Crippen LogP contribution in [0.15, 0.2) is 18.2 Å². The number of amides is 1. The van der Waals surface area contributed by atoms with Crippen LogP contribution < -0.4 is 15.4 Å². The molecule has 1 aliphatic rings. The van der Waals surface area contributed by atoms with Crippen molar-refractivity contribution < 1.29 is 14.3 Å². The Kier molecular flexibility index (Phi) is 5.31. The highest BCUT2D eigenvalue weighted by Gasteiger charge is 2.34. The van der Waals surface area contributed by atoms with Gasteiger partial charge in [0, 0.05) is 12.1 Å². The van der Waals surface area contributed by atoms with Crippen LogP contribution in [0.25, 0.3) is 0 Å². The number of rotatable bonds is 4.